The number of carbonyl (C=O) groups is 1. The van der Waals surface area contributed by atoms with Crippen molar-refractivity contribution in [1.29, 1.82) is 0 Å². The van der Waals surface area contributed by atoms with Gasteiger partial charge in [0.2, 0.25) is 5.88 Å². The Kier molecular flexibility index (Phi) is 4.58. The second kappa shape index (κ2) is 7.39. The van der Waals surface area contributed by atoms with Gasteiger partial charge in [-0.2, -0.15) is 4.98 Å². The van der Waals surface area contributed by atoms with Gasteiger partial charge in [-0.3, -0.25) is 4.79 Å². The van der Waals surface area contributed by atoms with Crippen LogP contribution in [0.15, 0.2) is 36.7 Å². The molecule has 1 amide bonds. The van der Waals surface area contributed by atoms with E-state index in [2.05, 4.69) is 10.3 Å². The molecule has 29 heavy (non-hydrogen) atoms. The number of methoxy groups -OCH3 is 1. The molecule has 150 valence electrons. The number of pyridine rings is 2. The first kappa shape index (κ1) is 18.0. The van der Waals surface area contributed by atoms with Gasteiger partial charge < -0.3 is 19.2 Å². The zero-order chi connectivity index (χ0) is 19.8. The third-order valence-electron chi connectivity index (χ3n) is 5.58. The lowest BCUT2D eigenvalue weighted by Crippen LogP contribution is -2.18. The second-order valence-corrected chi connectivity index (χ2v) is 7.80. The van der Waals surface area contributed by atoms with Crippen molar-refractivity contribution in [3.05, 3.63) is 47.9 Å². The van der Waals surface area contributed by atoms with Crippen molar-refractivity contribution in [2.24, 2.45) is 0 Å². The predicted molar refractivity (Wildman–Crippen MR) is 109 cm³/mol. The highest BCUT2D eigenvalue weighted by atomic mass is 16.5. The minimum absolute atomic E-state index is 0.150. The number of imidazole rings is 1. The molecule has 0 radical (unpaired) electrons. The highest BCUT2D eigenvalue weighted by Crippen LogP contribution is 2.40. The number of fused-ring (bicyclic) bond motifs is 1. The number of hydrogen-bond acceptors (Lipinski definition) is 5. The average molecular weight is 392 g/mol. The first-order valence-electron chi connectivity index (χ1n) is 10.2. The zero-order valence-corrected chi connectivity index (χ0v) is 16.4. The number of nitrogens with one attached hydrogen (secondary N) is 1. The minimum Gasteiger partial charge on any atom is -0.489 e. The summed E-state index contributed by atoms with van der Waals surface area (Å²) in [6.45, 7) is 0. The van der Waals surface area contributed by atoms with Crippen LogP contribution in [0.4, 0.5) is 5.82 Å². The molecule has 0 saturated heterocycles. The number of amides is 1. The van der Waals surface area contributed by atoms with E-state index in [4.69, 9.17) is 14.5 Å². The van der Waals surface area contributed by atoms with E-state index in [1.54, 1.807) is 25.3 Å². The maximum atomic E-state index is 13.1. The van der Waals surface area contributed by atoms with Gasteiger partial charge in [0.25, 0.3) is 5.91 Å². The van der Waals surface area contributed by atoms with Crippen LogP contribution < -0.4 is 14.8 Å². The fraction of sp³-hybridized carbons (Fsp3) is 0.409. The fourth-order valence-corrected chi connectivity index (χ4v) is 3.85. The van der Waals surface area contributed by atoms with E-state index in [9.17, 15) is 4.79 Å². The highest BCUT2D eigenvalue weighted by molar-refractivity contribution is 6.05. The monoisotopic (exact) mass is 392 g/mol. The molecule has 2 saturated carbocycles. The quantitative estimate of drug-likeness (QED) is 0.681. The number of hydrogen-bond donors (Lipinski definition) is 1. The Morgan fingerprint density at radius 1 is 1.14 bits per heavy atom. The summed E-state index contributed by atoms with van der Waals surface area (Å²) < 4.78 is 13.3. The SMILES string of the molecule is COc1cccc(NC(=O)c2cn3cc(C4CC4)nc3cc2OC2CCCC2)n1. The Balaban J connectivity index is 1.49. The molecule has 0 spiro atoms. The molecule has 3 heterocycles. The number of rotatable bonds is 6. The van der Waals surface area contributed by atoms with Crippen LogP contribution in [-0.4, -0.2) is 33.5 Å². The average Bonchev–Trinajstić information content (AvgIpc) is 3.30. The largest absolute Gasteiger partial charge is 0.489 e. The molecule has 2 fully saturated rings. The summed E-state index contributed by atoms with van der Waals surface area (Å²) in [5, 5.41) is 2.86. The van der Waals surface area contributed by atoms with Crippen molar-refractivity contribution in [2.75, 3.05) is 12.4 Å². The van der Waals surface area contributed by atoms with E-state index < -0.39 is 0 Å². The normalized spacial score (nSPS) is 16.9. The molecule has 2 aliphatic rings. The first-order chi connectivity index (χ1) is 14.2. The van der Waals surface area contributed by atoms with E-state index in [1.165, 1.54) is 12.8 Å². The minimum atomic E-state index is -0.262. The summed E-state index contributed by atoms with van der Waals surface area (Å²) in [7, 11) is 1.55. The summed E-state index contributed by atoms with van der Waals surface area (Å²) in [6.07, 6.45) is 10.7. The summed E-state index contributed by atoms with van der Waals surface area (Å²) in [4.78, 5) is 22.1. The van der Waals surface area contributed by atoms with Crippen LogP contribution in [0.25, 0.3) is 5.65 Å². The fourth-order valence-electron chi connectivity index (χ4n) is 3.85. The van der Waals surface area contributed by atoms with Gasteiger partial charge in [-0.05, 0) is 44.6 Å². The van der Waals surface area contributed by atoms with Gasteiger partial charge in [0.15, 0.2) is 0 Å². The number of aromatic nitrogens is 3. The molecule has 5 rings (SSSR count). The van der Waals surface area contributed by atoms with Crippen LogP contribution in [0.2, 0.25) is 0 Å². The zero-order valence-electron chi connectivity index (χ0n) is 16.4. The summed E-state index contributed by atoms with van der Waals surface area (Å²) in [6, 6.07) is 7.15. The Bertz CT molecular complexity index is 1050. The maximum absolute atomic E-state index is 13.1. The molecule has 0 bridgehead atoms. The van der Waals surface area contributed by atoms with Crippen molar-refractivity contribution < 1.29 is 14.3 Å². The van der Waals surface area contributed by atoms with E-state index >= 15 is 0 Å². The predicted octanol–water partition coefficient (Wildman–Crippen LogP) is 4.19. The van der Waals surface area contributed by atoms with E-state index in [0.29, 0.717) is 28.9 Å². The van der Waals surface area contributed by atoms with E-state index in [1.807, 2.05) is 22.9 Å². The Morgan fingerprint density at radius 3 is 2.72 bits per heavy atom. The van der Waals surface area contributed by atoms with E-state index in [-0.39, 0.29) is 12.0 Å². The molecular formula is C22H24N4O3. The number of nitrogens with zero attached hydrogens (tertiary/aromatic N) is 3. The van der Waals surface area contributed by atoms with E-state index in [0.717, 1.165) is 37.0 Å². The molecule has 0 unspecified atom stereocenters. The van der Waals surface area contributed by atoms with Crippen molar-refractivity contribution in [1.82, 2.24) is 14.4 Å². The number of ether oxygens (including phenoxy) is 2. The van der Waals surface area contributed by atoms with Crippen LogP contribution in [0, 0.1) is 0 Å². The molecule has 1 N–H and O–H groups in total. The lowest BCUT2D eigenvalue weighted by molar-refractivity contribution is 0.101. The lowest BCUT2D eigenvalue weighted by Gasteiger charge is -2.16. The van der Waals surface area contributed by atoms with Crippen molar-refractivity contribution in [3.63, 3.8) is 0 Å². The van der Waals surface area contributed by atoms with Gasteiger partial charge in [0, 0.05) is 30.4 Å². The van der Waals surface area contributed by atoms with Crippen molar-refractivity contribution >= 4 is 17.4 Å². The van der Waals surface area contributed by atoms with Crippen molar-refractivity contribution in [3.8, 4) is 11.6 Å². The Hall–Kier alpha value is -3.09. The number of carbonyl (C=O) groups excluding carboxylic acids is 1. The van der Waals surface area contributed by atoms with Gasteiger partial charge in [-0.25, -0.2) is 4.98 Å². The van der Waals surface area contributed by atoms with Gasteiger partial charge >= 0.3 is 0 Å². The topological polar surface area (TPSA) is 77.8 Å². The lowest BCUT2D eigenvalue weighted by atomic mass is 10.2. The standard InChI is InChI=1S/C22H24N4O3/c1-28-21-8-4-7-19(24-21)25-22(27)16-12-26-13-17(14-9-10-14)23-20(26)11-18(16)29-15-5-2-3-6-15/h4,7-8,11-15H,2-3,5-6,9-10H2,1H3,(H,24,25,27). The Labute approximate surface area is 169 Å². The smallest absolute Gasteiger partial charge is 0.262 e. The highest BCUT2D eigenvalue weighted by Gasteiger charge is 2.27. The van der Waals surface area contributed by atoms with Crippen LogP contribution in [0.5, 0.6) is 11.6 Å². The van der Waals surface area contributed by atoms with Crippen LogP contribution in [0.3, 0.4) is 0 Å². The summed E-state index contributed by atoms with van der Waals surface area (Å²) in [5.74, 6) is 1.75. The van der Waals surface area contributed by atoms with Crippen LogP contribution in [0.1, 0.15) is 60.5 Å². The Morgan fingerprint density at radius 2 is 1.97 bits per heavy atom. The van der Waals surface area contributed by atoms with Gasteiger partial charge in [-0.15, -0.1) is 0 Å². The molecule has 0 atom stereocenters. The summed E-state index contributed by atoms with van der Waals surface area (Å²) >= 11 is 0. The second-order valence-electron chi connectivity index (χ2n) is 7.80. The van der Waals surface area contributed by atoms with Crippen molar-refractivity contribution in [2.45, 2.75) is 50.5 Å². The molecule has 0 aliphatic heterocycles. The van der Waals surface area contributed by atoms with Gasteiger partial charge in [-0.1, -0.05) is 6.07 Å². The number of anilines is 1. The van der Waals surface area contributed by atoms with Gasteiger partial charge in [0.1, 0.15) is 17.2 Å². The maximum Gasteiger partial charge on any atom is 0.262 e. The molecule has 2 aliphatic carbocycles. The molecule has 0 aromatic carbocycles. The third-order valence-corrected chi connectivity index (χ3v) is 5.58. The van der Waals surface area contributed by atoms with Crippen LogP contribution >= 0.6 is 0 Å². The molecule has 7 heteroatoms. The van der Waals surface area contributed by atoms with Gasteiger partial charge in [0.05, 0.1) is 24.5 Å². The molecular weight excluding hydrogens is 368 g/mol. The third kappa shape index (κ3) is 3.77. The first-order valence-corrected chi connectivity index (χ1v) is 10.2. The summed E-state index contributed by atoms with van der Waals surface area (Å²) in [5.41, 5.74) is 2.38. The molecule has 3 aromatic heterocycles. The molecule has 3 aromatic rings. The molecule has 7 nitrogen and oxygen atoms in total. The van der Waals surface area contributed by atoms with Crippen LogP contribution in [-0.2, 0) is 0 Å².